The molecule has 4 heteroatoms. The Morgan fingerprint density at radius 3 is 1.75 bits per heavy atom. The molecule has 5 aromatic carbocycles. The van der Waals surface area contributed by atoms with Crippen LogP contribution in [0.25, 0.3) is 11.1 Å². The summed E-state index contributed by atoms with van der Waals surface area (Å²) in [6.45, 7) is 5.98. The molecule has 0 aliphatic carbocycles. The molecular weight excluding hydrogens is 494 g/mol. The van der Waals surface area contributed by atoms with Gasteiger partial charge in [-0.15, -0.1) is 0 Å². The van der Waals surface area contributed by atoms with Crippen molar-refractivity contribution in [3.63, 3.8) is 0 Å². The highest BCUT2D eigenvalue weighted by Crippen LogP contribution is 2.36. The van der Waals surface area contributed by atoms with Crippen molar-refractivity contribution in [1.82, 2.24) is 0 Å². The van der Waals surface area contributed by atoms with Crippen LogP contribution < -0.4 is 14.4 Å². The highest BCUT2D eigenvalue weighted by atomic mass is 16.6. The van der Waals surface area contributed by atoms with Crippen LogP contribution in [0.5, 0.6) is 11.5 Å². The summed E-state index contributed by atoms with van der Waals surface area (Å²) in [7, 11) is 0. The van der Waals surface area contributed by atoms with Gasteiger partial charge in [-0.25, -0.2) is 0 Å². The molecule has 0 radical (unpaired) electrons. The maximum atomic E-state index is 9.81. The van der Waals surface area contributed by atoms with E-state index in [2.05, 4.69) is 96.4 Å². The van der Waals surface area contributed by atoms with E-state index in [9.17, 15) is 5.11 Å². The SMILES string of the molecule is C=C(C)C(O)Oc1ccc(CCOc2ccc(N(c3ccccc3)c3ccc(-c4ccccc4)cc3)cc2)cc1. The minimum Gasteiger partial charge on any atom is -0.493 e. The molecule has 1 N–H and O–H groups in total. The second-order valence-electron chi connectivity index (χ2n) is 9.64. The van der Waals surface area contributed by atoms with Crippen molar-refractivity contribution in [3.8, 4) is 22.6 Å². The Morgan fingerprint density at radius 2 is 1.15 bits per heavy atom. The predicted octanol–water partition coefficient (Wildman–Crippen LogP) is 8.72. The molecule has 0 saturated carbocycles. The van der Waals surface area contributed by atoms with Gasteiger partial charge < -0.3 is 19.5 Å². The molecule has 5 rings (SSSR count). The molecule has 0 heterocycles. The smallest absolute Gasteiger partial charge is 0.219 e. The maximum Gasteiger partial charge on any atom is 0.219 e. The zero-order chi connectivity index (χ0) is 27.7. The molecular formula is C36H33NO3. The molecule has 4 nitrogen and oxygen atoms in total. The summed E-state index contributed by atoms with van der Waals surface area (Å²) in [5, 5.41) is 9.81. The molecule has 0 saturated heterocycles. The maximum absolute atomic E-state index is 9.81. The van der Waals surface area contributed by atoms with Gasteiger partial charge in [0.2, 0.25) is 6.29 Å². The molecule has 0 bridgehead atoms. The number of para-hydroxylation sites is 1. The quantitative estimate of drug-likeness (QED) is 0.138. The normalized spacial score (nSPS) is 11.4. The first-order valence-corrected chi connectivity index (χ1v) is 13.4. The topological polar surface area (TPSA) is 41.9 Å². The van der Waals surface area contributed by atoms with Crippen LogP contribution in [-0.4, -0.2) is 18.0 Å². The lowest BCUT2D eigenvalue weighted by Gasteiger charge is -2.26. The van der Waals surface area contributed by atoms with Crippen LogP contribution in [0.15, 0.2) is 146 Å². The van der Waals surface area contributed by atoms with Crippen molar-refractivity contribution in [2.45, 2.75) is 19.6 Å². The number of hydrogen-bond acceptors (Lipinski definition) is 4. The van der Waals surface area contributed by atoms with Crippen molar-refractivity contribution in [1.29, 1.82) is 0 Å². The van der Waals surface area contributed by atoms with Crippen LogP contribution in [-0.2, 0) is 6.42 Å². The Balaban J connectivity index is 1.25. The van der Waals surface area contributed by atoms with E-state index in [0.717, 1.165) is 34.8 Å². The van der Waals surface area contributed by atoms with Crippen LogP contribution in [0, 0.1) is 0 Å². The highest BCUT2D eigenvalue weighted by Gasteiger charge is 2.13. The molecule has 200 valence electrons. The second-order valence-corrected chi connectivity index (χ2v) is 9.64. The van der Waals surface area contributed by atoms with E-state index in [1.807, 2.05) is 48.5 Å². The van der Waals surface area contributed by atoms with Gasteiger partial charge in [-0.2, -0.15) is 0 Å². The summed E-state index contributed by atoms with van der Waals surface area (Å²) >= 11 is 0. The Bertz CT molecular complexity index is 1500. The number of hydrogen-bond donors (Lipinski definition) is 1. The molecule has 0 fully saturated rings. The fourth-order valence-corrected chi connectivity index (χ4v) is 4.40. The predicted molar refractivity (Wildman–Crippen MR) is 164 cm³/mol. The molecule has 0 aliphatic rings. The Labute approximate surface area is 236 Å². The summed E-state index contributed by atoms with van der Waals surface area (Å²) in [4.78, 5) is 2.24. The zero-order valence-corrected chi connectivity index (χ0v) is 22.6. The molecule has 0 spiro atoms. The van der Waals surface area contributed by atoms with Gasteiger partial charge in [0.25, 0.3) is 0 Å². The van der Waals surface area contributed by atoms with Crippen LogP contribution in [0.1, 0.15) is 12.5 Å². The molecule has 40 heavy (non-hydrogen) atoms. The summed E-state index contributed by atoms with van der Waals surface area (Å²) in [5.74, 6) is 1.43. The van der Waals surface area contributed by atoms with Crippen LogP contribution in [0.3, 0.4) is 0 Å². The van der Waals surface area contributed by atoms with Crippen molar-refractivity contribution < 1.29 is 14.6 Å². The molecule has 1 unspecified atom stereocenters. The average molecular weight is 528 g/mol. The number of rotatable bonds is 11. The van der Waals surface area contributed by atoms with E-state index in [0.29, 0.717) is 17.9 Å². The monoisotopic (exact) mass is 527 g/mol. The minimum absolute atomic E-state index is 0.553. The zero-order valence-electron chi connectivity index (χ0n) is 22.6. The van der Waals surface area contributed by atoms with Gasteiger partial charge >= 0.3 is 0 Å². The first kappa shape index (κ1) is 26.8. The Kier molecular flexibility index (Phi) is 8.60. The molecule has 1 atom stereocenters. The molecule has 0 amide bonds. The summed E-state index contributed by atoms with van der Waals surface area (Å²) in [5.41, 5.74) is 7.31. The van der Waals surface area contributed by atoms with Crippen LogP contribution >= 0.6 is 0 Å². The lowest BCUT2D eigenvalue weighted by molar-refractivity contribution is 0.0151. The van der Waals surface area contributed by atoms with Gasteiger partial charge in [0.1, 0.15) is 11.5 Å². The number of benzene rings is 5. The van der Waals surface area contributed by atoms with Crippen LogP contribution in [0.2, 0.25) is 0 Å². The third-order valence-corrected chi connectivity index (χ3v) is 6.59. The van der Waals surface area contributed by atoms with E-state index in [1.54, 1.807) is 6.92 Å². The van der Waals surface area contributed by atoms with Gasteiger partial charge in [0.15, 0.2) is 0 Å². The fourth-order valence-electron chi connectivity index (χ4n) is 4.40. The van der Waals surface area contributed by atoms with Crippen molar-refractivity contribution in [2.75, 3.05) is 11.5 Å². The Hall–Kier alpha value is -4.80. The number of ether oxygens (including phenoxy) is 2. The summed E-state index contributed by atoms with van der Waals surface area (Å²) in [6.07, 6.45) is -0.238. The van der Waals surface area contributed by atoms with E-state index in [4.69, 9.17) is 9.47 Å². The molecule has 0 aliphatic heterocycles. The first-order valence-electron chi connectivity index (χ1n) is 13.4. The van der Waals surface area contributed by atoms with E-state index in [1.165, 1.54) is 11.1 Å². The summed E-state index contributed by atoms with van der Waals surface area (Å²) < 4.78 is 11.5. The van der Waals surface area contributed by atoms with Gasteiger partial charge in [0.05, 0.1) is 6.61 Å². The third kappa shape index (κ3) is 6.79. The van der Waals surface area contributed by atoms with E-state index < -0.39 is 6.29 Å². The van der Waals surface area contributed by atoms with Gasteiger partial charge in [0, 0.05) is 23.5 Å². The average Bonchev–Trinajstić information content (AvgIpc) is 3.00. The van der Waals surface area contributed by atoms with Crippen molar-refractivity contribution in [2.24, 2.45) is 0 Å². The fraction of sp³-hybridized carbons (Fsp3) is 0.111. The number of aliphatic hydroxyl groups excluding tert-OH is 1. The minimum atomic E-state index is -0.997. The standard InChI is InChI=1S/C36H33NO3/c1-27(2)36(38)40-35-21-13-28(14-22-35)25-26-39-34-23-19-33(20-24-34)37(31-11-7-4-8-12-31)32-17-15-30(16-18-32)29-9-5-3-6-10-29/h3-24,36,38H,1,25-26H2,2H3. The largest absolute Gasteiger partial charge is 0.493 e. The molecule has 5 aromatic rings. The molecule has 0 aromatic heterocycles. The van der Waals surface area contributed by atoms with Crippen molar-refractivity contribution >= 4 is 17.1 Å². The number of aliphatic hydroxyl groups is 1. The Morgan fingerprint density at radius 1 is 0.650 bits per heavy atom. The van der Waals surface area contributed by atoms with Crippen LogP contribution in [0.4, 0.5) is 17.1 Å². The van der Waals surface area contributed by atoms with Crippen molar-refractivity contribution in [3.05, 3.63) is 151 Å². The second kappa shape index (κ2) is 12.8. The van der Waals surface area contributed by atoms with Gasteiger partial charge in [-0.1, -0.05) is 79.4 Å². The first-order chi connectivity index (χ1) is 19.6. The van der Waals surface area contributed by atoms with E-state index in [-0.39, 0.29) is 0 Å². The number of nitrogens with zero attached hydrogens (tertiary/aromatic N) is 1. The number of anilines is 3. The van der Waals surface area contributed by atoms with Gasteiger partial charge in [-0.05, 0) is 89.9 Å². The lowest BCUT2D eigenvalue weighted by atomic mass is 10.0. The summed E-state index contributed by atoms with van der Waals surface area (Å²) in [6, 6.07) is 45.3. The third-order valence-electron chi connectivity index (χ3n) is 6.59. The lowest BCUT2D eigenvalue weighted by Crippen LogP contribution is -2.15. The van der Waals surface area contributed by atoms with E-state index >= 15 is 0 Å². The van der Waals surface area contributed by atoms with Gasteiger partial charge in [-0.3, -0.25) is 0 Å². The highest BCUT2D eigenvalue weighted by molar-refractivity contribution is 5.78.